The number of nitrogens with zero attached hydrogens (tertiary/aromatic N) is 4. The quantitative estimate of drug-likeness (QED) is 0.458. The first kappa shape index (κ1) is 20.4. The normalized spacial score (nSPS) is 15.4. The number of fused-ring (bicyclic) bond motifs is 1. The van der Waals surface area contributed by atoms with E-state index in [0.29, 0.717) is 12.1 Å². The van der Waals surface area contributed by atoms with Gasteiger partial charge in [-0.1, -0.05) is 18.2 Å². The Morgan fingerprint density at radius 3 is 2.62 bits per heavy atom. The van der Waals surface area contributed by atoms with Crippen molar-refractivity contribution in [2.75, 3.05) is 0 Å². The van der Waals surface area contributed by atoms with Crippen LogP contribution in [0.2, 0.25) is 0 Å². The van der Waals surface area contributed by atoms with Gasteiger partial charge in [-0.15, -0.1) is 0 Å². The van der Waals surface area contributed by atoms with Crippen LogP contribution in [0.4, 0.5) is 0 Å². The number of ether oxygens (including phenoxy) is 1. The highest BCUT2D eigenvalue weighted by atomic mass is 16.5. The highest BCUT2D eigenvalue weighted by molar-refractivity contribution is 5.42. The number of hydrogen-bond acceptors (Lipinski definition) is 5. The van der Waals surface area contributed by atoms with Crippen molar-refractivity contribution in [2.24, 2.45) is 0 Å². The predicted octanol–water partition coefficient (Wildman–Crippen LogP) is 5.24. The van der Waals surface area contributed by atoms with Gasteiger partial charge in [0, 0.05) is 36.2 Å². The van der Waals surface area contributed by atoms with Crippen LogP contribution in [-0.2, 0) is 13.0 Å². The highest BCUT2D eigenvalue weighted by Gasteiger charge is 2.24. The van der Waals surface area contributed by atoms with Crippen LogP contribution in [0.1, 0.15) is 46.8 Å². The smallest absolute Gasteiger partial charge is 0.321 e. The summed E-state index contributed by atoms with van der Waals surface area (Å²) in [5.41, 5.74) is 7.60. The van der Waals surface area contributed by atoms with Crippen LogP contribution in [0.5, 0.6) is 11.8 Å². The summed E-state index contributed by atoms with van der Waals surface area (Å²) < 4.78 is 7.80. The third kappa shape index (κ3) is 4.27. The highest BCUT2D eigenvalue weighted by Crippen LogP contribution is 2.31. The first-order valence-corrected chi connectivity index (χ1v) is 11.1. The molecule has 6 nitrogen and oxygen atoms in total. The minimum Gasteiger partial charge on any atom is -0.424 e. The summed E-state index contributed by atoms with van der Waals surface area (Å²) in [6, 6.07) is 17.1. The molecule has 0 saturated heterocycles. The number of benzene rings is 2. The van der Waals surface area contributed by atoms with Crippen LogP contribution in [0.3, 0.4) is 0 Å². The molecular weight excluding hydrogens is 398 g/mol. The maximum absolute atomic E-state index is 5.68. The van der Waals surface area contributed by atoms with Gasteiger partial charge in [-0.25, -0.2) is 14.6 Å². The average Bonchev–Trinajstić information content (AvgIpc) is 3.26. The lowest BCUT2D eigenvalue weighted by Gasteiger charge is -2.24. The minimum atomic E-state index is 0.313. The third-order valence-electron chi connectivity index (χ3n) is 6.15. The molecule has 2 heterocycles. The van der Waals surface area contributed by atoms with Crippen LogP contribution in [-0.4, -0.2) is 19.7 Å². The number of aryl methyl sites for hydroxylation is 2. The average molecular weight is 426 g/mol. The second kappa shape index (κ2) is 8.93. The first-order chi connectivity index (χ1) is 15.7. The van der Waals surface area contributed by atoms with Crippen molar-refractivity contribution in [1.82, 2.24) is 25.1 Å². The Labute approximate surface area is 188 Å². The fourth-order valence-electron chi connectivity index (χ4n) is 4.21. The van der Waals surface area contributed by atoms with E-state index in [9.17, 15) is 0 Å². The summed E-state index contributed by atoms with van der Waals surface area (Å²) in [7, 11) is 0. The van der Waals surface area contributed by atoms with E-state index in [0.717, 1.165) is 37.2 Å². The Hall–Kier alpha value is -3.51. The van der Waals surface area contributed by atoms with Gasteiger partial charge in [-0.05, 0) is 80.1 Å². The van der Waals surface area contributed by atoms with E-state index >= 15 is 0 Å². The topological polar surface area (TPSA) is 64.9 Å². The molecule has 1 atom stereocenters. The molecule has 1 N–H and O–H groups in total. The van der Waals surface area contributed by atoms with Crippen LogP contribution in [0, 0.1) is 13.8 Å². The molecule has 0 saturated carbocycles. The molecule has 0 aliphatic heterocycles. The number of nitrogens with one attached hydrogen (secondary N) is 1. The lowest BCUT2D eigenvalue weighted by molar-refractivity contribution is 0.440. The van der Waals surface area contributed by atoms with Crippen molar-refractivity contribution < 1.29 is 4.74 Å². The maximum Gasteiger partial charge on any atom is 0.321 e. The Morgan fingerprint density at radius 1 is 1.03 bits per heavy atom. The second-order valence-corrected chi connectivity index (χ2v) is 8.33. The van der Waals surface area contributed by atoms with Gasteiger partial charge in [0.1, 0.15) is 5.75 Å². The minimum absolute atomic E-state index is 0.313. The van der Waals surface area contributed by atoms with Gasteiger partial charge in [-0.2, -0.15) is 5.10 Å². The number of rotatable bonds is 6. The molecular formula is C26H27N5O. The van der Waals surface area contributed by atoms with Crippen molar-refractivity contribution >= 4 is 0 Å². The summed E-state index contributed by atoms with van der Waals surface area (Å²) in [4.78, 5) is 8.19. The van der Waals surface area contributed by atoms with E-state index in [2.05, 4.69) is 64.1 Å². The first-order valence-electron chi connectivity index (χ1n) is 11.1. The second-order valence-electron chi connectivity index (χ2n) is 8.33. The SMILES string of the molecule is Cc1ccc(-n2ncc3c2CCC[C@@H]3NCc2ccc(Oc3ncccn3)cc2)cc1C. The zero-order chi connectivity index (χ0) is 21.9. The van der Waals surface area contributed by atoms with E-state index in [1.807, 2.05) is 18.3 Å². The molecule has 0 amide bonds. The third-order valence-corrected chi connectivity index (χ3v) is 6.15. The van der Waals surface area contributed by atoms with Gasteiger partial charge in [0.2, 0.25) is 0 Å². The molecule has 162 valence electrons. The summed E-state index contributed by atoms with van der Waals surface area (Å²) in [5, 5.41) is 8.47. The molecule has 6 heteroatoms. The molecule has 5 rings (SSSR count). The lowest BCUT2D eigenvalue weighted by Crippen LogP contribution is -2.25. The fraction of sp³-hybridized carbons (Fsp3) is 0.269. The van der Waals surface area contributed by atoms with Gasteiger partial charge < -0.3 is 10.1 Å². The summed E-state index contributed by atoms with van der Waals surface area (Å²) >= 11 is 0. The largest absolute Gasteiger partial charge is 0.424 e. The molecule has 0 unspecified atom stereocenters. The van der Waals surface area contributed by atoms with Gasteiger partial charge in [0.15, 0.2) is 0 Å². The Morgan fingerprint density at radius 2 is 1.84 bits per heavy atom. The van der Waals surface area contributed by atoms with Crippen LogP contribution in [0.25, 0.3) is 5.69 Å². The Bertz CT molecular complexity index is 1200. The summed E-state index contributed by atoms with van der Waals surface area (Å²) in [6.07, 6.45) is 8.72. The van der Waals surface area contributed by atoms with Crippen molar-refractivity contribution in [3.63, 3.8) is 0 Å². The van der Waals surface area contributed by atoms with E-state index in [1.54, 1.807) is 18.5 Å². The zero-order valence-corrected chi connectivity index (χ0v) is 18.5. The molecule has 1 aliphatic carbocycles. The van der Waals surface area contributed by atoms with Gasteiger partial charge >= 0.3 is 6.01 Å². The molecule has 0 radical (unpaired) electrons. The molecule has 2 aromatic carbocycles. The zero-order valence-electron chi connectivity index (χ0n) is 18.5. The standard InChI is InChI=1S/C26H27N5O/c1-18-7-10-21(15-19(18)2)31-25-6-3-5-24(23(25)17-30-31)29-16-20-8-11-22(12-9-20)32-26-27-13-4-14-28-26/h4,7-15,17,24,29H,3,5-6,16H2,1-2H3/t24-/m0/s1. The van der Waals surface area contributed by atoms with E-state index in [4.69, 9.17) is 9.84 Å². The maximum atomic E-state index is 5.68. The predicted molar refractivity (Wildman–Crippen MR) is 124 cm³/mol. The number of aromatic nitrogens is 4. The van der Waals surface area contributed by atoms with E-state index in [-0.39, 0.29) is 0 Å². The monoisotopic (exact) mass is 425 g/mol. The molecule has 2 aromatic heterocycles. The molecule has 0 fully saturated rings. The van der Waals surface area contributed by atoms with Crippen molar-refractivity contribution in [3.8, 4) is 17.4 Å². The van der Waals surface area contributed by atoms with Gasteiger partial charge in [0.05, 0.1) is 11.9 Å². The molecule has 0 spiro atoms. The number of hydrogen-bond donors (Lipinski definition) is 1. The van der Waals surface area contributed by atoms with Crippen LogP contribution >= 0.6 is 0 Å². The Kier molecular flexibility index (Phi) is 5.69. The molecule has 0 bridgehead atoms. The van der Waals surface area contributed by atoms with E-state index < -0.39 is 0 Å². The molecule has 4 aromatic rings. The Balaban J connectivity index is 1.26. The van der Waals surface area contributed by atoms with E-state index in [1.165, 1.54) is 27.9 Å². The molecule has 1 aliphatic rings. The van der Waals surface area contributed by atoms with Gasteiger partial charge in [0.25, 0.3) is 0 Å². The van der Waals surface area contributed by atoms with Crippen molar-refractivity contribution in [3.05, 3.63) is 95.1 Å². The summed E-state index contributed by atoms with van der Waals surface area (Å²) in [5.74, 6) is 0.731. The van der Waals surface area contributed by atoms with Crippen LogP contribution < -0.4 is 10.1 Å². The fourth-order valence-corrected chi connectivity index (χ4v) is 4.21. The summed E-state index contributed by atoms with van der Waals surface area (Å²) in [6.45, 7) is 5.09. The van der Waals surface area contributed by atoms with Gasteiger partial charge in [-0.3, -0.25) is 0 Å². The molecule has 32 heavy (non-hydrogen) atoms. The lowest BCUT2D eigenvalue weighted by atomic mass is 9.92. The van der Waals surface area contributed by atoms with Crippen LogP contribution in [0.15, 0.2) is 67.1 Å². The van der Waals surface area contributed by atoms with Crippen molar-refractivity contribution in [2.45, 2.75) is 45.7 Å². The van der Waals surface area contributed by atoms with Crippen molar-refractivity contribution in [1.29, 1.82) is 0 Å².